The smallest absolute Gasteiger partial charge is 1.00 e. The fourth-order valence-corrected chi connectivity index (χ4v) is 3.10. The number of anilines is 2. The molecule has 0 unspecified atom stereocenters. The molecule has 31 heavy (non-hydrogen) atoms. The van der Waals surface area contributed by atoms with Crippen LogP contribution in [0.4, 0.5) is 24.7 Å². The zero-order valence-electron chi connectivity index (χ0n) is 16.9. The molecule has 8 nitrogen and oxygen atoms in total. The second kappa shape index (κ2) is 8.42. The van der Waals surface area contributed by atoms with Crippen LogP contribution in [0.5, 0.6) is 0 Å². The van der Waals surface area contributed by atoms with Crippen molar-refractivity contribution in [1.82, 2.24) is 20.1 Å². The third kappa shape index (κ3) is 4.71. The van der Waals surface area contributed by atoms with E-state index in [0.717, 1.165) is 25.0 Å². The molecular weight excluding hydrogens is 437 g/mol. The van der Waals surface area contributed by atoms with Gasteiger partial charge in [0.15, 0.2) is 0 Å². The molecule has 0 spiro atoms. The number of nitrogens with zero attached hydrogens (tertiary/aromatic N) is 3. The second-order valence-corrected chi connectivity index (χ2v) is 7.03. The number of carbonyl (C=O) groups is 2. The molecule has 1 saturated carbocycles. The van der Waals surface area contributed by atoms with Crippen LogP contribution in [0, 0.1) is 0 Å². The first-order valence-electron chi connectivity index (χ1n) is 9.09. The number of halogens is 4. The van der Waals surface area contributed by atoms with E-state index in [-0.39, 0.29) is 37.9 Å². The summed E-state index contributed by atoms with van der Waals surface area (Å²) in [7, 11) is 0. The Morgan fingerprint density at radius 2 is 1.90 bits per heavy atom. The molecule has 0 radical (unpaired) electrons. The van der Waals surface area contributed by atoms with E-state index in [4.69, 9.17) is 5.73 Å². The Morgan fingerprint density at radius 3 is 2.52 bits per heavy atom. The minimum atomic E-state index is -4.43. The van der Waals surface area contributed by atoms with E-state index in [1.807, 2.05) is 0 Å². The molecule has 1 aromatic carbocycles. The number of amides is 2. The standard InChI is InChI=1S/C19H17F3N6O2.ClH/c20-19(21,22)11-3-1-10(2-4-11)9-28(12-5-6-12)18(30)17(29)26-14-8-24-16(23)13-7-25-27-15(13)14;/h1-4,7-8,12H,5-6,9H2,(H2,23,24)(H,25,27)(H,26,29);1H. The largest absolute Gasteiger partial charge is 1.00 e. The van der Waals surface area contributed by atoms with Crippen LogP contribution in [0.3, 0.4) is 0 Å². The number of pyridine rings is 1. The lowest BCUT2D eigenvalue weighted by molar-refractivity contribution is -0.144. The van der Waals surface area contributed by atoms with Gasteiger partial charge in [0.1, 0.15) is 5.82 Å². The minimum Gasteiger partial charge on any atom is -1.00 e. The molecule has 2 amide bonds. The van der Waals surface area contributed by atoms with Crippen molar-refractivity contribution in [1.29, 1.82) is 0 Å². The summed E-state index contributed by atoms with van der Waals surface area (Å²) in [5.41, 5.74) is 6.17. The highest BCUT2D eigenvalue weighted by Crippen LogP contribution is 2.31. The van der Waals surface area contributed by atoms with Crippen molar-refractivity contribution in [2.45, 2.75) is 31.6 Å². The maximum atomic E-state index is 12.8. The van der Waals surface area contributed by atoms with Crippen LogP contribution in [-0.2, 0) is 22.3 Å². The van der Waals surface area contributed by atoms with Crippen molar-refractivity contribution < 1.29 is 36.6 Å². The molecule has 2 aromatic heterocycles. The van der Waals surface area contributed by atoms with Gasteiger partial charge in [-0.1, -0.05) is 12.1 Å². The fraction of sp³-hybridized carbons (Fsp3) is 0.263. The number of fused-ring (bicyclic) bond motifs is 1. The molecule has 3 aromatic rings. The van der Waals surface area contributed by atoms with Crippen molar-refractivity contribution in [3.63, 3.8) is 0 Å². The molecule has 0 aliphatic heterocycles. The van der Waals surface area contributed by atoms with E-state index in [1.165, 1.54) is 29.4 Å². The summed E-state index contributed by atoms with van der Waals surface area (Å²) < 4.78 is 38.2. The van der Waals surface area contributed by atoms with Gasteiger partial charge >= 0.3 is 19.4 Å². The van der Waals surface area contributed by atoms with Crippen LogP contribution in [0.25, 0.3) is 10.9 Å². The van der Waals surface area contributed by atoms with Crippen LogP contribution < -0.4 is 23.5 Å². The average Bonchev–Trinajstić information content (AvgIpc) is 3.42. The molecule has 0 atom stereocenters. The highest BCUT2D eigenvalue weighted by Gasteiger charge is 2.36. The topological polar surface area (TPSA) is 117 Å². The third-order valence-corrected chi connectivity index (χ3v) is 4.84. The molecule has 0 bridgehead atoms. The van der Waals surface area contributed by atoms with Gasteiger partial charge in [0.2, 0.25) is 0 Å². The Balaban J connectivity index is 0.00000181. The summed E-state index contributed by atoms with van der Waals surface area (Å²) in [6, 6.07) is 4.41. The van der Waals surface area contributed by atoms with Crippen molar-refractivity contribution in [2.75, 3.05) is 11.1 Å². The van der Waals surface area contributed by atoms with Gasteiger partial charge in [-0.2, -0.15) is 18.3 Å². The van der Waals surface area contributed by atoms with Gasteiger partial charge in [0.25, 0.3) is 0 Å². The summed E-state index contributed by atoms with van der Waals surface area (Å²) in [4.78, 5) is 30.7. The van der Waals surface area contributed by atoms with Gasteiger partial charge < -0.3 is 28.4 Å². The highest BCUT2D eigenvalue weighted by atomic mass is 35.5. The minimum absolute atomic E-state index is 0. The Labute approximate surface area is 181 Å². The van der Waals surface area contributed by atoms with E-state index in [1.54, 1.807) is 0 Å². The molecule has 1 aliphatic rings. The Bertz CT molecular complexity index is 1120. The van der Waals surface area contributed by atoms with Gasteiger partial charge in [-0.05, 0) is 30.5 Å². The second-order valence-electron chi connectivity index (χ2n) is 7.03. The molecule has 2 heterocycles. The van der Waals surface area contributed by atoms with Gasteiger partial charge in [-0.25, -0.2) is 4.98 Å². The predicted octanol–water partition coefficient (Wildman–Crippen LogP) is -0.195. The fourth-order valence-electron chi connectivity index (χ4n) is 3.10. The maximum Gasteiger partial charge on any atom is 1.00 e. The quantitative estimate of drug-likeness (QED) is 0.472. The number of hydrogen-bond acceptors (Lipinski definition) is 5. The normalized spacial score (nSPS) is 13.5. The van der Waals surface area contributed by atoms with Crippen LogP contribution >= 0.6 is 0 Å². The Kier molecular flexibility index (Phi) is 6.07. The number of H-pyrrole nitrogens is 1. The number of aromatic amines is 1. The molecule has 164 valence electrons. The molecule has 1 fully saturated rings. The van der Waals surface area contributed by atoms with E-state index in [2.05, 4.69) is 20.5 Å². The SMILES string of the molecule is Nc1ncc(NC(=O)C(=O)N(Cc2ccc(C(F)(F)F)cc2)C2CC2)c2[nH]ncc12.[Cl-].[H+]. The third-order valence-electron chi connectivity index (χ3n) is 4.84. The van der Waals surface area contributed by atoms with E-state index < -0.39 is 23.6 Å². The van der Waals surface area contributed by atoms with Gasteiger partial charge in [0.05, 0.1) is 34.5 Å². The maximum absolute atomic E-state index is 12.8. The van der Waals surface area contributed by atoms with Crippen LogP contribution in [0.2, 0.25) is 0 Å². The molecule has 4 rings (SSSR count). The first-order chi connectivity index (χ1) is 14.2. The number of benzene rings is 1. The van der Waals surface area contributed by atoms with Gasteiger partial charge in [-0.3, -0.25) is 14.7 Å². The lowest BCUT2D eigenvalue weighted by Gasteiger charge is -2.22. The number of hydrogen-bond donors (Lipinski definition) is 3. The van der Waals surface area contributed by atoms with Crippen LogP contribution in [0.15, 0.2) is 36.7 Å². The molecule has 4 N–H and O–H groups in total. The summed E-state index contributed by atoms with van der Waals surface area (Å²) in [5, 5.41) is 9.56. The molecule has 0 saturated heterocycles. The lowest BCUT2D eigenvalue weighted by atomic mass is 10.1. The van der Waals surface area contributed by atoms with E-state index in [9.17, 15) is 22.8 Å². The average molecular weight is 455 g/mol. The lowest BCUT2D eigenvalue weighted by Crippen LogP contribution is -3.00. The summed E-state index contributed by atoms with van der Waals surface area (Å²) in [6.07, 6.45) is -0.202. The summed E-state index contributed by atoms with van der Waals surface area (Å²) in [6.45, 7) is 0.0362. The van der Waals surface area contributed by atoms with Gasteiger partial charge in [0, 0.05) is 12.6 Å². The Morgan fingerprint density at radius 1 is 1.23 bits per heavy atom. The molecule has 12 heteroatoms. The zero-order valence-corrected chi connectivity index (χ0v) is 16.7. The highest BCUT2D eigenvalue weighted by molar-refractivity contribution is 6.40. The van der Waals surface area contributed by atoms with E-state index in [0.29, 0.717) is 16.5 Å². The predicted molar refractivity (Wildman–Crippen MR) is 103 cm³/mol. The van der Waals surface area contributed by atoms with Gasteiger partial charge in [-0.15, -0.1) is 0 Å². The van der Waals surface area contributed by atoms with Crippen LogP contribution in [0.1, 0.15) is 25.4 Å². The molecular formula is C19H18ClF3N6O2. The van der Waals surface area contributed by atoms with Crippen molar-refractivity contribution in [2.24, 2.45) is 0 Å². The number of carbonyl (C=O) groups excluding carboxylic acids is 2. The number of nitrogen functional groups attached to an aromatic ring is 1. The van der Waals surface area contributed by atoms with Crippen molar-refractivity contribution in [3.8, 4) is 0 Å². The number of nitrogens with two attached hydrogens (primary N) is 1. The number of alkyl halides is 3. The van der Waals surface area contributed by atoms with Crippen molar-refractivity contribution >= 4 is 34.2 Å². The molecule has 1 aliphatic carbocycles. The number of aromatic nitrogens is 3. The Hall–Kier alpha value is -3.34. The summed E-state index contributed by atoms with van der Waals surface area (Å²) >= 11 is 0. The van der Waals surface area contributed by atoms with E-state index >= 15 is 0 Å². The monoisotopic (exact) mass is 454 g/mol. The first-order valence-corrected chi connectivity index (χ1v) is 9.09. The van der Waals surface area contributed by atoms with Crippen molar-refractivity contribution in [3.05, 3.63) is 47.8 Å². The number of rotatable bonds is 4. The summed E-state index contributed by atoms with van der Waals surface area (Å²) in [5.74, 6) is -1.43. The number of nitrogens with one attached hydrogen (secondary N) is 2. The van der Waals surface area contributed by atoms with Crippen LogP contribution in [-0.4, -0.2) is 37.9 Å². The first kappa shape index (κ1) is 22.3. The zero-order chi connectivity index (χ0) is 21.5.